The fourth-order valence-corrected chi connectivity index (χ4v) is 8.67. The first kappa shape index (κ1) is 51.1. The predicted molar refractivity (Wildman–Crippen MR) is 267 cm³/mol. The van der Waals surface area contributed by atoms with E-state index in [1.165, 1.54) is 24.3 Å². The summed E-state index contributed by atoms with van der Waals surface area (Å²) >= 11 is 6.17. The standard InChI is InChI=1S/C30H30F2N2O2.C28H25ClF2N2O/c1-2-36-27-13-14-33-28(19-27)30(35)29(17-24-15-25(31)18-26(32)16-24)34(20-22-9-5-3-6-10-22)21-23-11-7-4-8-12-23;29-23-11-12-32-26(16-23)28(34)27(15-22-13-24(30)17-25(31)14-22)33(18-20-7-3-1-4-8-20)19-21-9-5-2-6-10-21/h3-16,18-19,29-30,35H,2,17,20-21H2,1H3;1-14,16-17,27-28,34H,15,18-19H2/t29-,30+;27-,28+/m00/s1. The van der Waals surface area contributed by atoms with Gasteiger partial charge in [-0.1, -0.05) is 133 Å². The van der Waals surface area contributed by atoms with Gasteiger partial charge in [0, 0.05) is 73.9 Å². The molecule has 360 valence electrons. The molecule has 4 atom stereocenters. The highest BCUT2D eigenvalue weighted by molar-refractivity contribution is 6.30. The zero-order valence-corrected chi connectivity index (χ0v) is 39.5. The zero-order chi connectivity index (χ0) is 49.2. The van der Waals surface area contributed by atoms with Crippen molar-refractivity contribution in [2.24, 2.45) is 0 Å². The third kappa shape index (κ3) is 15.4. The van der Waals surface area contributed by atoms with Crippen molar-refractivity contribution in [3.05, 3.63) is 267 Å². The average molecular weight is 968 g/mol. The van der Waals surface area contributed by atoms with E-state index >= 15 is 0 Å². The first-order chi connectivity index (χ1) is 34.0. The molecule has 0 spiro atoms. The lowest BCUT2D eigenvalue weighted by atomic mass is 9.95. The molecule has 0 aliphatic heterocycles. The Morgan fingerprint density at radius 2 is 0.800 bits per heavy atom. The van der Waals surface area contributed by atoms with Gasteiger partial charge in [-0.25, -0.2) is 17.6 Å². The Bertz CT molecular complexity index is 2710. The van der Waals surface area contributed by atoms with E-state index in [1.54, 1.807) is 36.7 Å². The number of aliphatic hydroxyl groups excluding tert-OH is 2. The summed E-state index contributed by atoms with van der Waals surface area (Å²) in [6.45, 7) is 4.48. The SMILES string of the molecule is CCOc1ccnc([C@@H](O)[C@H](Cc2cc(F)cc(F)c2)N(Cc2ccccc2)Cc2ccccc2)c1.O[C@H](c1cc(Cl)ccn1)[C@H](Cc1cc(F)cc(F)c1)N(Cc1ccccc1)Cc1ccccc1. The lowest BCUT2D eigenvalue weighted by Gasteiger charge is -2.35. The van der Waals surface area contributed by atoms with Crippen LogP contribution in [-0.2, 0) is 39.0 Å². The number of ether oxygens (including phenoxy) is 1. The van der Waals surface area contributed by atoms with Gasteiger partial charge < -0.3 is 14.9 Å². The summed E-state index contributed by atoms with van der Waals surface area (Å²) in [5, 5.41) is 23.6. The third-order valence-electron chi connectivity index (χ3n) is 11.7. The molecule has 0 amide bonds. The van der Waals surface area contributed by atoms with Gasteiger partial charge in [0.2, 0.25) is 0 Å². The lowest BCUT2D eigenvalue weighted by molar-refractivity contribution is 0.0354. The number of aromatic nitrogens is 2. The van der Waals surface area contributed by atoms with Crippen LogP contribution < -0.4 is 4.74 Å². The Balaban J connectivity index is 0.000000207. The molecule has 70 heavy (non-hydrogen) atoms. The number of hydrogen-bond acceptors (Lipinski definition) is 7. The van der Waals surface area contributed by atoms with Crippen molar-refractivity contribution >= 4 is 11.6 Å². The highest BCUT2D eigenvalue weighted by Crippen LogP contribution is 2.31. The van der Waals surface area contributed by atoms with Crippen molar-refractivity contribution in [3.8, 4) is 5.75 Å². The highest BCUT2D eigenvalue weighted by Gasteiger charge is 2.31. The monoisotopic (exact) mass is 966 g/mol. The molecule has 0 saturated carbocycles. The topological polar surface area (TPSA) is 82.0 Å². The molecule has 0 aliphatic carbocycles. The Morgan fingerprint density at radius 3 is 1.14 bits per heavy atom. The minimum Gasteiger partial charge on any atom is -0.494 e. The van der Waals surface area contributed by atoms with Gasteiger partial charge in [-0.05, 0) is 95.6 Å². The average Bonchev–Trinajstić information content (AvgIpc) is 3.35. The quantitative estimate of drug-likeness (QED) is 0.0736. The Morgan fingerprint density at radius 1 is 0.457 bits per heavy atom. The first-order valence-corrected chi connectivity index (χ1v) is 23.5. The number of hydrogen-bond donors (Lipinski definition) is 2. The van der Waals surface area contributed by atoms with E-state index < -0.39 is 47.6 Å². The number of halogens is 5. The van der Waals surface area contributed by atoms with Crippen molar-refractivity contribution in [2.45, 2.75) is 70.2 Å². The van der Waals surface area contributed by atoms with E-state index in [0.29, 0.717) is 66.1 Å². The maximum absolute atomic E-state index is 14.1. The second-order valence-electron chi connectivity index (χ2n) is 17.0. The molecule has 0 unspecified atom stereocenters. The molecule has 0 bridgehead atoms. The minimum atomic E-state index is -1.04. The summed E-state index contributed by atoms with van der Waals surface area (Å²) in [6, 6.07) is 52.3. The molecule has 0 fully saturated rings. The molecule has 0 radical (unpaired) electrons. The van der Waals surface area contributed by atoms with Crippen LogP contribution in [0.4, 0.5) is 17.6 Å². The molecule has 6 aromatic carbocycles. The van der Waals surface area contributed by atoms with E-state index in [0.717, 1.165) is 34.4 Å². The van der Waals surface area contributed by atoms with Gasteiger partial charge in [0.05, 0.1) is 18.0 Å². The fourth-order valence-electron chi connectivity index (χ4n) is 8.50. The van der Waals surface area contributed by atoms with Gasteiger partial charge in [-0.15, -0.1) is 0 Å². The van der Waals surface area contributed by atoms with Crippen LogP contribution in [0.25, 0.3) is 0 Å². The van der Waals surface area contributed by atoms with Crippen LogP contribution in [0.1, 0.15) is 63.9 Å². The van der Waals surface area contributed by atoms with Crippen molar-refractivity contribution < 1.29 is 32.5 Å². The van der Waals surface area contributed by atoms with Crippen LogP contribution in [0.3, 0.4) is 0 Å². The van der Waals surface area contributed by atoms with Crippen molar-refractivity contribution in [3.63, 3.8) is 0 Å². The lowest BCUT2D eigenvalue weighted by Crippen LogP contribution is -2.41. The smallest absolute Gasteiger partial charge is 0.126 e. The molecule has 8 rings (SSSR count). The van der Waals surface area contributed by atoms with Gasteiger partial charge in [0.15, 0.2) is 0 Å². The van der Waals surface area contributed by atoms with Crippen LogP contribution in [0.15, 0.2) is 194 Å². The van der Waals surface area contributed by atoms with Gasteiger partial charge in [0.25, 0.3) is 0 Å². The first-order valence-electron chi connectivity index (χ1n) is 23.1. The summed E-state index contributed by atoms with van der Waals surface area (Å²) in [7, 11) is 0. The molecule has 7 nitrogen and oxygen atoms in total. The van der Waals surface area contributed by atoms with Crippen LogP contribution >= 0.6 is 11.6 Å². The summed E-state index contributed by atoms with van der Waals surface area (Å²) in [4.78, 5) is 13.0. The third-order valence-corrected chi connectivity index (χ3v) is 12.0. The van der Waals surface area contributed by atoms with Crippen molar-refractivity contribution in [1.29, 1.82) is 0 Å². The summed E-state index contributed by atoms with van der Waals surface area (Å²) < 4.78 is 61.8. The van der Waals surface area contributed by atoms with E-state index in [2.05, 4.69) is 19.8 Å². The Kier molecular flexibility index (Phi) is 18.8. The highest BCUT2D eigenvalue weighted by atomic mass is 35.5. The fraction of sp³-hybridized carbons (Fsp3) is 0.207. The second kappa shape index (κ2) is 25.8. The second-order valence-corrected chi connectivity index (χ2v) is 17.4. The molecule has 2 heterocycles. The van der Waals surface area contributed by atoms with Gasteiger partial charge in [0.1, 0.15) is 41.2 Å². The minimum absolute atomic E-state index is 0.212. The molecule has 0 saturated heterocycles. The van der Waals surface area contributed by atoms with Crippen LogP contribution in [0.2, 0.25) is 5.02 Å². The van der Waals surface area contributed by atoms with Crippen LogP contribution in [0, 0.1) is 23.3 Å². The largest absolute Gasteiger partial charge is 0.494 e. The number of aliphatic hydroxyl groups is 2. The Labute approximate surface area is 412 Å². The number of benzene rings is 6. The maximum atomic E-state index is 14.1. The normalized spacial score (nSPS) is 13.0. The molecule has 12 heteroatoms. The molecule has 8 aromatic rings. The maximum Gasteiger partial charge on any atom is 0.126 e. The van der Waals surface area contributed by atoms with Gasteiger partial charge >= 0.3 is 0 Å². The van der Waals surface area contributed by atoms with E-state index in [9.17, 15) is 27.8 Å². The summed E-state index contributed by atoms with van der Waals surface area (Å²) in [6.07, 6.45) is 1.49. The van der Waals surface area contributed by atoms with E-state index in [4.69, 9.17) is 16.3 Å². The van der Waals surface area contributed by atoms with Gasteiger partial charge in [-0.2, -0.15) is 0 Å². The molecular weight excluding hydrogens is 912 g/mol. The molecule has 0 aliphatic rings. The number of pyridine rings is 2. The molecule has 2 aromatic heterocycles. The van der Waals surface area contributed by atoms with Crippen LogP contribution in [-0.4, -0.2) is 48.7 Å². The number of nitrogens with zero attached hydrogens (tertiary/aromatic N) is 4. The van der Waals surface area contributed by atoms with Gasteiger partial charge in [-0.3, -0.25) is 19.8 Å². The van der Waals surface area contributed by atoms with E-state index in [-0.39, 0.29) is 12.8 Å². The summed E-state index contributed by atoms with van der Waals surface area (Å²) in [5.41, 5.74) is 5.99. The van der Waals surface area contributed by atoms with Crippen LogP contribution in [0.5, 0.6) is 5.75 Å². The van der Waals surface area contributed by atoms with Crippen molar-refractivity contribution in [2.75, 3.05) is 6.61 Å². The summed E-state index contributed by atoms with van der Waals surface area (Å²) in [5.74, 6) is -1.99. The predicted octanol–water partition coefficient (Wildman–Crippen LogP) is 12.5. The molecular formula is C58H55ClF4N4O3. The van der Waals surface area contributed by atoms with E-state index in [1.807, 2.05) is 128 Å². The number of rotatable bonds is 20. The zero-order valence-electron chi connectivity index (χ0n) is 38.7. The molecule has 2 N–H and O–H groups in total. The Hall–Kier alpha value is -6.73. The van der Waals surface area contributed by atoms with Crippen molar-refractivity contribution in [1.82, 2.24) is 19.8 Å².